The number of nitrogens with zero attached hydrogens (tertiary/aromatic N) is 2. The quantitative estimate of drug-likeness (QED) is 0.328. The van der Waals surface area contributed by atoms with Gasteiger partial charge >= 0.3 is 0 Å². The Bertz CT molecular complexity index is 393. The molecular weight excluding hydrogens is 387 g/mol. The van der Waals surface area contributed by atoms with E-state index < -0.39 is 0 Å². The number of nitrogens with one attached hydrogen (secondary N) is 2. The van der Waals surface area contributed by atoms with E-state index in [0.717, 1.165) is 37.5 Å². The van der Waals surface area contributed by atoms with Crippen LogP contribution in [0.1, 0.15) is 25.8 Å². The zero-order valence-electron chi connectivity index (χ0n) is 12.3. The summed E-state index contributed by atoms with van der Waals surface area (Å²) in [5.74, 6) is 1.55. The van der Waals surface area contributed by atoms with Gasteiger partial charge < -0.3 is 10.6 Å². The summed E-state index contributed by atoms with van der Waals surface area (Å²) in [6.45, 7) is 6.20. The topological polar surface area (TPSA) is 49.3 Å². The first-order chi connectivity index (χ1) is 9.11. The van der Waals surface area contributed by atoms with E-state index in [-0.39, 0.29) is 24.0 Å². The summed E-state index contributed by atoms with van der Waals surface area (Å²) in [6, 6.07) is 3.80. The second-order valence-electron chi connectivity index (χ2n) is 4.85. The fourth-order valence-corrected chi connectivity index (χ4v) is 1.69. The number of pyridine rings is 1. The fraction of sp³-hybridized carbons (Fsp3) is 0.571. The molecule has 0 aliphatic carbocycles. The molecule has 0 saturated carbocycles. The Labute approximate surface area is 143 Å². The van der Waals surface area contributed by atoms with Crippen LogP contribution in [-0.4, -0.2) is 31.1 Å². The normalized spacial score (nSPS) is 11.2. The van der Waals surface area contributed by atoms with Crippen molar-refractivity contribution >= 4 is 41.5 Å². The van der Waals surface area contributed by atoms with E-state index >= 15 is 0 Å². The van der Waals surface area contributed by atoms with Crippen LogP contribution in [0.5, 0.6) is 0 Å². The maximum absolute atomic E-state index is 5.75. The van der Waals surface area contributed by atoms with Gasteiger partial charge in [0.2, 0.25) is 0 Å². The lowest BCUT2D eigenvalue weighted by atomic mass is 10.1. The predicted octanol–water partition coefficient (Wildman–Crippen LogP) is 3.11. The lowest BCUT2D eigenvalue weighted by Crippen LogP contribution is -2.39. The van der Waals surface area contributed by atoms with Crippen LogP contribution in [0.15, 0.2) is 23.3 Å². The van der Waals surface area contributed by atoms with Gasteiger partial charge in [-0.3, -0.25) is 4.99 Å². The highest BCUT2D eigenvalue weighted by Crippen LogP contribution is 2.05. The van der Waals surface area contributed by atoms with E-state index in [1.165, 1.54) is 0 Å². The van der Waals surface area contributed by atoms with Gasteiger partial charge in [0.05, 0.1) is 0 Å². The molecule has 0 saturated heterocycles. The Hall–Kier alpha value is -0.560. The minimum Gasteiger partial charge on any atom is -0.356 e. The van der Waals surface area contributed by atoms with Gasteiger partial charge in [0.15, 0.2) is 5.96 Å². The number of aromatic nitrogens is 1. The van der Waals surface area contributed by atoms with Gasteiger partial charge in [0.1, 0.15) is 5.15 Å². The Balaban J connectivity index is 0.00000361. The van der Waals surface area contributed by atoms with Crippen molar-refractivity contribution in [3.05, 3.63) is 29.0 Å². The maximum atomic E-state index is 5.75. The molecule has 4 nitrogen and oxygen atoms in total. The zero-order valence-corrected chi connectivity index (χ0v) is 15.4. The molecule has 0 spiro atoms. The Morgan fingerprint density at radius 2 is 2.00 bits per heavy atom. The minimum atomic E-state index is 0. The molecule has 1 aromatic rings. The summed E-state index contributed by atoms with van der Waals surface area (Å²) in [4.78, 5) is 8.25. The average molecular weight is 411 g/mol. The van der Waals surface area contributed by atoms with Crippen molar-refractivity contribution in [2.45, 2.75) is 26.7 Å². The van der Waals surface area contributed by atoms with Crippen LogP contribution in [0.2, 0.25) is 5.15 Å². The lowest BCUT2D eigenvalue weighted by molar-refractivity contribution is 0.573. The van der Waals surface area contributed by atoms with Gasteiger partial charge in [-0.15, -0.1) is 24.0 Å². The first-order valence-corrected chi connectivity index (χ1v) is 7.04. The molecule has 0 fully saturated rings. The first-order valence-electron chi connectivity index (χ1n) is 6.66. The van der Waals surface area contributed by atoms with Crippen molar-refractivity contribution < 1.29 is 0 Å². The third-order valence-electron chi connectivity index (χ3n) is 2.73. The molecule has 20 heavy (non-hydrogen) atoms. The zero-order chi connectivity index (χ0) is 14.1. The molecule has 1 aromatic heterocycles. The summed E-state index contributed by atoms with van der Waals surface area (Å²) in [6.07, 6.45) is 3.84. The third kappa shape index (κ3) is 8.58. The van der Waals surface area contributed by atoms with Crippen LogP contribution < -0.4 is 10.6 Å². The van der Waals surface area contributed by atoms with E-state index in [9.17, 15) is 0 Å². The molecule has 1 rings (SSSR count). The van der Waals surface area contributed by atoms with Crippen LogP contribution in [-0.2, 0) is 6.42 Å². The van der Waals surface area contributed by atoms with Gasteiger partial charge in [-0.25, -0.2) is 4.98 Å². The average Bonchev–Trinajstić information content (AvgIpc) is 2.39. The Morgan fingerprint density at radius 3 is 2.55 bits per heavy atom. The van der Waals surface area contributed by atoms with Gasteiger partial charge in [0.25, 0.3) is 0 Å². The molecule has 0 unspecified atom stereocenters. The highest BCUT2D eigenvalue weighted by molar-refractivity contribution is 14.0. The van der Waals surface area contributed by atoms with Crippen LogP contribution in [0.3, 0.4) is 0 Å². The summed E-state index contributed by atoms with van der Waals surface area (Å²) >= 11 is 5.75. The van der Waals surface area contributed by atoms with Crippen molar-refractivity contribution in [2.24, 2.45) is 10.9 Å². The van der Waals surface area contributed by atoms with E-state index in [1.807, 2.05) is 12.1 Å². The maximum Gasteiger partial charge on any atom is 0.190 e. The van der Waals surface area contributed by atoms with Gasteiger partial charge in [0, 0.05) is 26.3 Å². The lowest BCUT2D eigenvalue weighted by Gasteiger charge is -2.12. The molecule has 0 aromatic carbocycles. The number of guanidine groups is 1. The molecule has 0 amide bonds. The molecular formula is C14H24ClIN4. The third-order valence-corrected chi connectivity index (χ3v) is 2.96. The van der Waals surface area contributed by atoms with E-state index in [1.54, 1.807) is 13.2 Å². The van der Waals surface area contributed by atoms with Crippen molar-refractivity contribution in [3.63, 3.8) is 0 Å². The molecule has 114 valence electrons. The monoisotopic (exact) mass is 410 g/mol. The number of rotatable bonds is 6. The molecule has 0 aliphatic heterocycles. The first kappa shape index (κ1) is 19.4. The molecule has 0 aliphatic rings. The second-order valence-corrected chi connectivity index (χ2v) is 5.23. The smallest absolute Gasteiger partial charge is 0.190 e. The molecule has 0 bridgehead atoms. The predicted molar refractivity (Wildman–Crippen MR) is 97.2 cm³/mol. The van der Waals surface area contributed by atoms with Crippen molar-refractivity contribution in [1.82, 2.24) is 15.6 Å². The van der Waals surface area contributed by atoms with E-state index in [2.05, 4.69) is 34.5 Å². The highest BCUT2D eigenvalue weighted by Gasteiger charge is 1.99. The van der Waals surface area contributed by atoms with Gasteiger partial charge in [-0.05, 0) is 30.4 Å². The standard InChI is InChI=1S/C14H23ClN4.HI/c1-11(2)6-8-17-14(16-3)18-9-7-12-4-5-13(15)19-10-12;/h4-5,10-11H,6-9H2,1-3H3,(H2,16,17,18);1H. The number of aliphatic imine (C=N–C) groups is 1. The SMILES string of the molecule is CN=C(NCCc1ccc(Cl)nc1)NCCC(C)C.I. The van der Waals surface area contributed by atoms with Crippen LogP contribution in [0, 0.1) is 5.92 Å². The Morgan fingerprint density at radius 1 is 1.30 bits per heavy atom. The van der Waals surface area contributed by atoms with Gasteiger partial charge in [-0.1, -0.05) is 31.5 Å². The van der Waals surface area contributed by atoms with E-state index in [0.29, 0.717) is 11.1 Å². The van der Waals surface area contributed by atoms with Crippen molar-refractivity contribution in [1.29, 1.82) is 0 Å². The summed E-state index contributed by atoms with van der Waals surface area (Å²) in [7, 11) is 1.79. The number of halogens is 2. The van der Waals surface area contributed by atoms with Crippen LogP contribution >= 0.6 is 35.6 Å². The molecule has 0 radical (unpaired) electrons. The Kier molecular flexibility index (Phi) is 10.8. The van der Waals surface area contributed by atoms with Gasteiger partial charge in [-0.2, -0.15) is 0 Å². The fourth-order valence-electron chi connectivity index (χ4n) is 1.58. The van der Waals surface area contributed by atoms with E-state index in [4.69, 9.17) is 11.6 Å². The second kappa shape index (κ2) is 11.1. The van der Waals surface area contributed by atoms with Crippen molar-refractivity contribution in [3.8, 4) is 0 Å². The summed E-state index contributed by atoms with van der Waals surface area (Å²) < 4.78 is 0. The molecule has 6 heteroatoms. The summed E-state index contributed by atoms with van der Waals surface area (Å²) in [5, 5.41) is 7.11. The molecule has 0 atom stereocenters. The largest absolute Gasteiger partial charge is 0.356 e. The van der Waals surface area contributed by atoms with Crippen LogP contribution in [0.4, 0.5) is 0 Å². The molecule has 2 N–H and O–H groups in total. The number of hydrogen-bond donors (Lipinski definition) is 2. The van der Waals surface area contributed by atoms with Crippen LogP contribution in [0.25, 0.3) is 0 Å². The minimum absolute atomic E-state index is 0. The number of hydrogen-bond acceptors (Lipinski definition) is 2. The summed E-state index contributed by atoms with van der Waals surface area (Å²) in [5.41, 5.74) is 1.16. The van der Waals surface area contributed by atoms with Crippen molar-refractivity contribution in [2.75, 3.05) is 20.1 Å². The highest BCUT2D eigenvalue weighted by atomic mass is 127. The molecule has 1 heterocycles.